The lowest BCUT2D eigenvalue weighted by Gasteiger charge is -2.03. The third-order valence-corrected chi connectivity index (χ3v) is 2.50. The van der Waals surface area contributed by atoms with Gasteiger partial charge in [-0.3, -0.25) is 34.8 Å². The summed E-state index contributed by atoms with van der Waals surface area (Å²) in [5.74, 6) is -0.694. The summed E-state index contributed by atoms with van der Waals surface area (Å²) < 4.78 is 1.28. The second-order valence-electron chi connectivity index (χ2n) is 3.86. The molecule has 12 heteroatoms. The Morgan fingerprint density at radius 3 is 2.71 bits per heavy atom. The van der Waals surface area contributed by atoms with E-state index in [0.29, 0.717) is 0 Å². The lowest BCUT2D eigenvalue weighted by Crippen LogP contribution is -2.28. The molecule has 12 nitrogen and oxygen atoms in total. The minimum Gasteiger partial charge on any atom is -0.349 e. The summed E-state index contributed by atoms with van der Waals surface area (Å²) in [4.78, 5) is 31.5. The Kier molecular flexibility index (Phi) is 3.87. The van der Waals surface area contributed by atoms with Gasteiger partial charge in [0.1, 0.15) is 18.6 Å². The molecule has 2 aromatic heterocycles. The Morgan fingerprint density at radius 2 is 2.10 bits per heavy atom. The SMILES string of the molecule is O=C(NCCn1cc([N+](=O)[O-])cn1)c1[nH]ncc1[N+](=O)[O-]. The molecule has 0 aliphatic carbocycles. The van der Waals surface area contributed by atoms with E-state index in [9.17, 15) is 25.0 Å². The molecule has 0 atom stereocenters. The quantitative estimate of drug-likeness (QED) is 0.553. The number of carbonyl (C=O) groups excluding carboxylic acids is 1. The fraction of sp³-hybridized carbons (Fsp3) is 0.222. The zero-order valence-electron chi connectivity index (χ0n) is 10.4. The first kappa shape index (κ1) is 14.1. The third kappa shape index (κ3) is 3.17. The molecule has 0 aromatic carbocycles. The van der Waals surface area contributed by atoms with E-state index in [1.54, 1.807) is 0 Å². The first-order chi connectivity index (χ1) is 9.99. The van der Waals surface area contributed by atoms with Crippen LogP contribution in [0, 0.1) is 20.2 Å². The topological polar surface area (TPSA) is 162 Å². The second kappa shape index (κ2) is 5.77. The van der Waals surface area contributed by atoms with Crippen LogP contribution in [0.1, 0.15) is 10.5 Å². The molecule has 1 amide bonds. The van der Waals surface area contributed by atoms with Gasteiger partial charge >= 0.3 is 11.4 Å². The highest BCUT2D eigenvalue weighted by molar-refractivity contribution is 5.95. The molecule has 0 saturated heterocycles. The molecule has 0 unspecified atom stereocenters. The van der Waals surface area contributed by atoms with Crippen molar-refractivity contribution in [2.45, 2.75) is 6.54 Å². The molecule has 2 heterocycles. The highest BCUT2D eigenvalue weighted by atomic mass is 16.6. The van der Waals surface area contributed by atoms with Crippen LogP contribution in [0.5, 0.6) is 0 Å². The van der Waals surface area contributed by atoms with Crippen molar-refractivity contribution in [2.24, 2.45) is 0 Å². The first-order valence-electron chi connectivity index (χ1n) is 5.62. The molecule has 2 rings (SSSR count). The zero-order valence-corrected chi connectivity index (χ0v) is 10.4. The third-order valence-electron chi connectivity index (χ3n) is 2.50. The van der Waals surface area contributed by atoms with E-state index in [2.05, 4.69) is 20.6 Å². The molecule has 0 fully saturated rings. The van der Waals surface area contributed by atoms with E-state index >= 15 is 0 Å². The van der Waals surface area contributed by atoms with Gasteiger partial charge in [-0.15, -0.1) is 0 Å². The number of carbonyl (C=O) groups is 1. The number of H-pyrrole nitrogens is 1. The minimum absolute atomic E-state index is 0.0911. The van der Waals surface area contributed by atoms with Crippen LogP contribution in [0.25, 0.3) is 0 Å². The van der Waals surface area contributed by atoms with Crippen molar-refractivity contribution in [2.75, 3.05) is 6.54 Å². The zero-order chi connectivity index (χ0) is 15.4. The van der Waals surface area contributed by atoms with Crippen molar-refractivity contribution in [1.29, 1.82) is 0 Å². The molecule has 0 bridgehead atoms. The van der Waals surface area contributed by atoms with E-state index in [1.807, 2.05) is 0 Å². The van der Waals surface area contributed by atoms with Gasteiger partial charge in [-0.25, -0.2) is 0 Å². The van der Waals surface area contributed by atoms with Crippen LogP contribution in [0.2, 0.25) is 0 Å². The fourth-order valence-electron chi connectivity index (χ4n) is 1.53. The van der Waals surface area contributed by atoms with Crippen LogP contribution >= 0.6 is 0 Å². The summed E-state index contributed by atoms with van der Waals surface area (Å²) in [7, 11) is 0. The predicted molar refractivity (Wildman–Crippen MR) is 66.5 cm³/mol. The van der Waals surface area contributed by atoms with Crippen LogP contribution in [0.3, 0.4) is 0 Å². The number of aromatic nitrogens is 4. The molecule has 110 valence electrons. The van der Waals surface area contributed by atoms with Crippen molar-refractivity contribution in [3.8, 4) is 0 Å². The molecule has 2 N–H and O–H groups in total. The van der Waals surface area contributed by atoms with Gasteiger partial charge in [-0.1, -0.05) is 0 Å². The Balaban J connectivity index is 1.90. The predicted octanol–water partition coefficient (Wildman–Crippen LogP) is -0.147. The number of aromatic amines is 1. The number of nitrogens with zero attached hydrogens (tertiary/aromatic N) is 5. The molecule has 0 saturated carbocycles. The standard InChI is InChI=1S/C9H9N7O5/c17-9(8-7(16(20)21)4-11-13-8)10-1-2-14-5-6(3-12-14)15(18)19/h3-5H,1-2H2,(H,10,17)(H,11,13). The molecule has 21 heavy (non-hydrogen) atoms. The maximum atomic E-state index is 11.7. The largest absolute Gasteiger partial charge is 0.349 e. The Labute approximate surface area is 116 Å². The lowest BCUT2D eigenvalue weighted by molar-refractivity contribution is -0.385. The van der Waals surface area contributed by atoms with Crippen LogP contribution in [-0.2, 0) is 6.54 Å². The number of nitrogens with one attached hydrogen (secondary N) is 2. The number of rotatable bonds is 6. The molecule has 2 aromatic rings. The highest BCUT2D eigenvalue weighted by Gasteiger charge is 2.22. The number of nitro groups is 2. The normalized spacial score (nSPS) is 10.3. The second-order valence-corrected chi connectivity index (χ2v) is 3.86. The molecular weight excluding hydrogens is 286 g/mol. The molecule has 0 spiro atoms. The van der Waals surface area contributed by atoms with Crippen LogP contribution in [0.15, 0.2) is 18.6 Å². The van der Waals surface area contributed by atoms with Gasteiger partial charge in [0.25, 0.3) is 5.91 Å². The van der Waals surface area contributed by atoms with Gasteiger partial charge < -0.3 is 5.32 Å². The Bertz CT molecular complexity index is 690. The minimum atomic E-state index is -0.727. The summed E-state index contributed by atoms with van der Waals surface area (Å²) >= 11 is 0. The fourth-order valence-corrected chi connectivity index (χ4v) is 1.53. The van der Waals surface area contributed by atoms with E-state index in [1.165, 1.54) is 10.9 Å². The van der Waals surface area contributed by atoms with Crippen molar-refractivity contribution < 1.29 is 14.6 Å². The van der Waals surface area contributed by atoms with E-state index < -0.39 is 21.4 Å². The number of amides is 1. The summed E-state index contributed by atoms with van der Waals surface area (Å²) in [5, 5.41) is 32.9. The molecule has 0 radical (unpaired) electrons. The van der Waals surface area contributed by atoms with E-state index in [-0.39, 0.29) is 24.5 Å². The Morgan fingerprint density at radius 1 is 1.33 bits per heavy atom. The monoisotopic (exact) mass is 295 g/mol. The van der Waals surface area contributed by atoms with Crippen LogP contribution in [0.4, 0.5) is 11.4 Å². The highest BCUT2D eigenvalue weighted by Crippen LogP contribution is 2.13. The van der Waals surface area contributed by atoms with Gasteiger partial charge in [-0.05, 0) is 0 Å². The number of hydrogen-bond acceptors (Lipinski definition) is 7. The summed E-state index contributed by atoms with van der Waals surface area (Å²) in [5.41, 5.74) is -0.848. The van der Waals surface area contributed by atoms with E-state index in [0.717, 1.165) is 12.4 Å². The van der Waals surface area contributed by atoms with Gasteiger partial charge in [0, 0.05) is 6.54 Å². The Hall–Kier alpha value is -3.31. The van der Waals surface area contributed by atoms with Crippen molar-refractivity contribution in [3.63, 3.8) is 0 Å². The number of hydrogen-bond donors (Lipinski definition) is 2. The summed E-state index contributed by atoms with van der Waals surface area (Å²) in [6.07, 6.45) is 3.23. The van der Waals surface area contributed by atoms with Gasteiger partial charge in [0.15, 0.2) is 0 Å². The van der Waals surface area contributed by atoms with Crippen molar-refractivity contribution in [1.82, 2.24) is 25.3 Å². The van der Waals surface area contributed by atoms with Gasteiger partial charge in [0.2, 0.25) is 5.69 Å². The smallest absolute Gasteiger partial charge is 0.319 e. The van der Waals surface area contributed by atoms with Crippen molar-refractivity contribution >= 4 is 17.3 Å². The maximum absolute atomic E-state index is 11.7. The first-order valence-corrected chi connectivity index (χ1v) is 5.62. The average molecular weight is 295 g/mol. The van der Waals surface area contributed by atoms with Crippen LogP contribution in [-0.4, -0.2) is 42.3 Å². The lowest BCUT2D eigenvalue weighted by atomic mass is 10.3. The average Bonchev–Trinajstić information content (AvgIpc) is 3.07. The van der Waals surface area contributed by atoms with Crippen molar-refractivity contribution in [3.05, 3.63) is 44.5 Å². The molecule has 0 aliphatic heterocycles. The van der Waals surface area contributed by atoms with Gasteiger partial charge in [-0.2, -0.15) is 10.2 Å². The summed E-state index contributed by atoms with van der Waals surface area (Å²) in [6, 6.07) is 0. The molecule has 0 aliphatic rings. The van der Waals surface area contributed by atoms with Crippen LogP contribution < -0.4 is 5.32 Å². The summed E-state index contributed by atoms with van der Waals surface area (Å²) in [6.45, 7) is 0.273. The maximum Gasteiger partial charge on any atom is 0.319 e. The van der Waals surface area contributed by atoms with E-state index in [4.69, 9.17) is 0 Å². The van der Waals surface area contributed by atoms with Gasteiger partial charge in [0.05, 0.1) is 16.4 Å². The molecular formula is C9H9N7O5.